The zero-order chi connectivity index (χ0) is 19.9. The Balaban J connectivity index is 1.80. The van der Waals surface area contributed by atoms with Crippen LogP contribution in [0.4, 0.5) is 0 Å². The molecule has 4 nitrogen and oxygen atoms in total. The Morgan fingerprint density at radius 1 is 0.929 bits per heavy atom. The summed E-state index contributed by atoms with van der Waals surface area (Å²) in [6.45, 7) is 1.95. The maximum absolute atomic E-state index is 13.0. The van der Waals surface area contributed by atoms with E-state index in [-0.39, 0.29) is 11.9 Å². The van der Waals surface area contributed by atoms with E-state index in [4.69, 9.17) is 9.47 Å². The van der Waals surface area contributed by atoms with Gasteiger partial charge in [-0.25, -0.2) is 0 Å². The molecule has 0 aliphatic heterocycles. The van der Waals surface area contributed by atoms with Crippen molar-refractivity contribution in [3.05, 3.63) is 95.1 Å². The Bertz CT molecular complexity index is 938. The van der Waals surface area contributed by atoms with Crippen LogP contribution in [0.25, 0.3) is 0 Å². The number of hydrogen-bond donors (Lipinski definition) is 1. The average molecular weight is 375 g/mol. The molecule has 1 atom stereocenters. The summed E-state index contributed by atoms with van der Waals surface area (Å²) in [7, 11) is 3.23. The topological polar surface area (TPSA) is 47.6 Å². The van der Waals surface area contributed by atoms with E-state index in [9.17, 15) is 4.79 Å². The minimum atomic E-state index is -0.210. The molecule has 0 heterocycles. The average Bonchev–Trinajstić information content (AvgIpc) is 2.74. The van der Waals surface area contributed by atoms with Crippen LogP contribution in [0, 0.1) is 0 Å². The van der Waals surface area contributed by atoms with Gasteiger partial charge in [0.25, 0.3) is 5.91 Å². The number of rotatable bonds is 7. The van der Waals surface area contributed by atoms with Crippen molar-refractivity contribution in [1.29, 1.82) is 0 Å². The lowest BCUT2D eigenvalue weighted by Gasteiger charge is -2.19. The van der Waals surface area contributed by atoms with Crippen LogP contribution < -0.4 is 14.8 Å². The smallest absolute Gasteiger partial charge is 0.252 e. The molecule has 0 saturated carbocycles. The van der Waals surface area contributed by atoms with Crippen molar-refractivity contribution in [2.45, 2.75) is 19.4 Å². The molecule has 0 bridgehead atoms. The number of benzene rings is 3. The quantitative estimate of drug-likeness (QED) is 0.646. The molecule has 4 heteroatoms. The van der Waals surface area contributed by atoms with Gasteiger partial charge in [0.1, 0.15) is 11.5 Å². The molecule has 0 fully saturated rings. The van der Waals surface area contributed by atoms with Crippen LogP contribution in [0.2, 0.25) is 0 Å². The van der Waals surface area contributed by atoms with Crippen LogP contribution in [-0.2, 0) is 6.42 Å². The molecule has 0 spiro atoms. The fourth-order valence-corrected chi connectivity index (χ4v) is 3.24. The molecule has 0 aromatic heterocycles. The summed E-state index contributed by atoms with van der Waals surface area (Å²) in [6.07, 6.45) is 0.713. The maximum atomic E-state index is 13.0. The van der Waals surface area contributed by atoms with Gasteiger partial charge in [0, 0.05) is 17.2 Å². The van der Waals surface area contributed by atoms with E-state index >= 15 is 0 Å². The van der Waals surface area contributed by atoms with Crippen molar-refractivity contribution < 1.29 is 14.3 Å². The summed E-state index contributed by atoms with van der Waals surface area (Å²) in [5.74, 6) is 1.30. The van der Waals surface area contributed by atoms with Gasteiger partial charge in [0.2, 0.25) is 0 Å². The fourth-order valence-electron chi connectivity index (χ4n) is 3.24. The van der Waals surface area contributed by atoms with Gasteiger partial charge in [-0.15, -0.1) is 0 Å². The highest BCUT2D eigenvalue weighted by molar-refractivity contribution is 5.96. The van der Waals surface area contributed by atoms with Crippen molar-refractivity contribution in [2.75, 3.05) is 14.2 Å². The Kier molecular flexibility index (Phi) is 6.33. The van der Waals surface area contributed by atoms with Crippen LogP contribution in [0.3, 0.4) is 0 Å². The summed E-state index contributed by atoms with van der Waals surface area (Å²) in [5.41, 5.74) is 3.76. The Labute approximate surface area is 166 Å². The summed E-state index contributed by atoms with van der Waals surface area (Å²) in [4.78, 5) is 13.0. The Morgan fingerprint density at radius 2 is 1.64 bits per heavy atom. The standard InChI is InChI=1S/C24H25NO3/c1-17(21-14-13-20(27-2)16-23(21)28-3)25-24(26)22-12-8-7-11-19(22)15-18-9-5-4-6-10-18/h4-14,16-17H,15H2,1-3H3,(H,25,26). The maximum Gasteiger partial charge on any atom is 0.252 e. The van der Waals surface area contributed by atoms with Gasteiger partial charge in [-0.2, -0.15) is 0 Å². The summed E-state index contributed by atoms with van der Waals surface area (Å²) in [6, 6.07) is 23.3. The van der Waals surface area contributed by atoms with Gasteiger partial charge in [-0.3, -0.25) is 4.79 Å². The highest BCUT2D eigenvalue weighted by Gasteiger charge is 2.18. The monoisotopic (exact) mass is 375 g/mol. The predicted molar refractivity (Wildman–Crippen MR) is 111 cm³/mol. The predicted octanol–water partition coefficient (Wildman–Crippen LogP) is 4.79. The number of ether oxygens (including phenoxy) is 2. The molecule has 0 saturated heterocycles. The van der Waals surface area contributed by atoms with E-state index in [1.807, 2.05) is 67.6 Å². The molecule has 0 aliphatic carbocycles. The lowest BCUT2D eigenvalue weighted by molar-refractivity contribution is 0.0938. The van der Waals surface area contributed by atoms with Gasteiger partial charge in [-0.05, 0) is 42.7 Å². The van der Waals surface area contributed by atoms with E-state index < -0.39 is 0 Å². The molecule has 144 valence electrons. The molecule has 28 heavy (non-hydrogen) atoms. The molecule has 0 aliphatic rings. The fraction of sp³-hybridized carbons (Fsp3) is 0.208. The summed E-state index contributed by atoms with van der Waals surface area (Å²) in [5, 5.41) is 3.09. The second kappa shape index (κ2) is 9.09. The van der Waals surface area contributed by atoms with Crippen molar-refractivity contribution in [3.63, 3.8) is 0 Å². The second-order valence-corrected chi connectivity index (χ2v) is 6.62. The van der Waals surface area contributed by atoms with Crippen molar-refractivity contribution in [1.82, 2.24) is 5.32 Å². The first-order valence-electron chi connectivity index (χ1n) is 9.27. The Morgan fingerprint density at radius 3 is 2.36 bits per heavy atom. The minimum Gasteiger partial charge on any atom is -0.497 e. The zero-order valence-electron chi connectivity index (χ0n) is 16.4. The van der Waals surface area contributed by atoms with Crippen LogP contribution in [0.15, 0.2) is 72.8 Å². The lowest BCUT2D eigenvalue weighted by Crippen LogP contribution is -2.27. The number of amides is 1. The minimum absolute atomic E-state index is 0.100. The number of hydrogen-bond acceptors (Lipinski definition) is 3. The van der Waals surface area contributed by atoms with E-state index in [0.29, 0.717) is 23.5 Å². The van der Waals surface area contributed by atoms with Gasteiger partial charge in [0.15, 0.2) is 0 Å². The highest BCUT2D eigenvalue weighted by atomic mass is 16.5. The Hall–Kier alpha value is -3.27. The molecule has 0 radical (unpaired) electrons. The highest BCUT2D eigenvalue weighted by Crippen LogP contribution is 2.29. The lowest BCUT2D eigenvalue weighted by atomic mass is 9.98. The van der Waals surface area contributed by atoms with Gasteiger partial charge >= 0.3 is 0 Å². The third-order valence-electron chi connectivity index (χ3n) is 4.75. The number of carbonyl (C=O) groups excluding carboxylic acids is 1. The second-order valence-electron chi connectivity index (χ2n) is 6.62. The van der Waals surface area contributed by atoms with Crippen LogP contribution in [0.1, 0.15) is 40.0 Å². The molecule has 1 amide bonds. The van der Waals surface area contributed by atoms with E-state index in [1.165, 1.54) is 5.56 Å². The number of methoxy groups -OCH3 is 2. The zero-order valence-corrected chi connectivity index (χ0v) is 16.4. The van der Waals surface area contributed by atoms with Gasteiger partial charge in [0.05, 0.1) is 20.3 Å². The first-order chi connectivity index (χ1) is 13.6. The molecule has 3 rings (SSSR count). The third kappa shape index (κ3) is 4.52. The van der Waals surface area contributed by atoms with E-state index in [2.05, 4.69) is 17.4 Å². The molecular weight excluding hydrogens is 350 g/mol. The summed E-state index contributed by atoms with van der Waals surface area (Å²) >= 11 is 0. The van der Waals surface area contributed by atoms with Gasteiger partial charge in [-0.1, -0.05) is 48.5 Å². The first kappa shape index (κ1) is 19.5. The van der Waals surface area contributed by atoms with Crippen molar-refractivity contribution >= 4 is 5.91 Å². The molecular formula is C24H25NO3. The molecule has 1 unspecified atom stereocenters. The number of carbonyl (C=O) groups is 1. The van der Waals surface area contributed by atoms with Crippen molar-refractivity contribution in [2.24, 2.45) is 0 Å². The van der Waals surface area contributed by atoms with Crippen LogP contribution >= 0.6 is 0 Å². The van der Waals surface area contributed by atoms with Crippen molar-refractivity contribution in [3.8, 4) is 11.5 Å². The summed E-state index contributed by atoms with van der Waals surface area (Å²) < 4.78 is 10.7. The molecule has 3 aromatic rings. The SMILES string of the molecule is COc1ccc(C(C)NC(=O)c2ccccc2Cc2ccccc2)c(OC)c1. The largest absolute Gasteiger partial charge is 0.497 e. The first-order valence-corrected chi connectivity index (χ1v) is 9.27. The van der Waals surface area contributed by atoms with Gasteiger partial charge < -0.3 is 14.8 Å². The third-order valence-corrected chi connectivity index (χ3v) is 4.75. The van der Waals surface area contributed by atoms with E-state index in [0.717, 1.165) is 11.1 Å². The number of nitrogens with one attached hydrogen (secondary N) is 1. The van der Waals surface area contributed by atoms with Crippen LogP contribution in [-0.4, -0.2) is 20.1 Å². The van der Waals surface area contributed by atoms with Crippen LogP contribution in [0.5, 0.6) is 11.5 Å². The normalized spacial score (nSPS) is 11.5. The molecule has 1 N–H and O–H groups in total. The van der Waals surface area contributed by atoms with E-state index in [1.54, 1.807) is 14.2 Å². The molecule has 3 aromatic carbocycles.